The van der Waals surface area contributed by atoms with E-state index in [-0.39, 0.29) is 30.6 Å². The summed E-state index contributed by atoms with van der Waals surface area (Å²) >= 11 is 0. The highest BCUT2D eigenvalue weighted by atomic mass is 16.5. The first kappa shape index (κ1) is 24.4. The molecule has 1 amide bonds. The predicted octanol–water partition coefficient (Wildman–Crippen LogP) is 2.24. The number of benzene rings is 1. The Hall–Kier alpha value is -2.29. The van der Waals surface area contributed by atoms with Gasteiger partial charge >= 0.3 is 0 Å². The molecule has 3 atom stereocenters. The monoisotopic (exact) mass is 443 g/mol. The minimum absolute atomic E-state index is 0.0523. The molecule has 1 aliphatic rings. The zero-order valence-electron chi connectivity index (χ0n) is 19.8. The third-order valence-electron chi connectivity index (χ3n) is 6.07. The van der Waals surface area contributed by atoms with Gasteiger partial charge in [0.15, 0.2) is 0 Å². The van der Waals surface area contributed by atoms with Crippen molar-refractivity contribution in [1.29, 1.82) is 0 Å². The van der Waals surface area contributed by atoms with Crippen molar-refractivity contribution < 1.29 is 14.6 Å². The highest BCUT2D eigenvalue weighted by molar-refractivity contribution is 5.76. The van der Waals surface area contributed by atoms with Crippen LogP contribution in [0.15, 0.2) is 30.5 Å². The summed E-state index contributed by atoms with van der Waals surface area (Å²) in [5.41, 5.74) is 3.31. The Bertz CT molecular complexity index is 871. The van der Waals surface area contributed by atoms with Crippen LogP contribution in [-0.2, 0) is 29.2 Å². The van der Waals surface area contributed by atoms with Crippen molar-refractivity contribution in [2.45, 2.75) is 65.5 Å². The maximum absolute atomic E-state index is 12.9. The quantitative estimate of drug-likeness (QED) is 0.737. The van der Waals surface area contributed by atoms with Crippen LogP contribution in [0.25, 0.3) is 0 Å². The molecule has 0 aliphatic carbocycles. The van der Waals surface area contributed by atoms with Gasteiger partial charge in [-0.2, -0.15) is 0 Å². The summed E-state index contributed by atoms with van der Waals surface area (Å²) in [6.07, 6.45) is 2.91. The Morgan fingerprint density at radius 1 is 1.38 bits per heavy atom. The molecule has 8 heteroatoms. The van der Waals surface area contributed by atoms with Crippen molar-refractivity contribution in [1.82, 2.24) is 24.8 Å². The SMILES string of the molecule is Cc1cccc(CN(C)C[C@H]2OCc3cn(nn3)CCCC(=O)N([C@@H](C)CO)C[C@@H]2C)c1. The number of aryl methyl sites for hydroxylation is 2. The van der Waals surface area contributed by atoms with Gasteiger partial charge in [-0.25, -0.2) is 0 Å². The molecule has 0 spiro atoms. The van der Waals surface area contributed by atoms with Gasteiger partial charge in [0.25, 0.3) is 0 Å². The van der Waals surface area contributed by atoms with Crippen molar-refractivity contribution in [3.8, 4) is 0 Å². The molecule has 2 aromatic rings. The van der Waals surface area contributed by atoms with Gasteiger partial charge in [-0.3, -0.25) is 14.4 Å². The van der Waals surface area contributed by atoms with Gasteiger partial charge in [0, 0.05) is 38.5 Å². The van der Waals surface area contributed by atoms with Gasteiger partial charge in [-0.1, -0.05) is 42.0 Å². The van der Waals surface area contributed by atoms with Crippen LogP contribution in [0.5, 0.6) is 0 Å². The van der Waals surface area contributed by atoms with E-state index < -0.39 is 0 Å². The Kier molecular flexibility index (Phi) is 8.78. The average Bonchev–Trinajstić information content (AvgIpc) is 3.21. The first-order valence-corrected chi connectivity index (χ1v) is 11.5. The second kappa shape index (κ2) is 11.5. The molecule has 8 nitrogen and oxygen atoms in total. The Morgan fingerprint density at radius 2 is 2.19 bits per heavy atom. The van der Waals surface area contributed by atoms with E-state index >= 15 is 0 Å². The predicted molar refractivity (Wildman–Crippen MR) is 123 cm³/mol. The molecular formula is C24H37N5O3. The first-order chi connectivity index (χ1) is 15.4. The highest BCUT2D eigenvalue weighted by Crippen LogP contribution is 2.18. The van der Waals surface area contributed by atoms with Crippen molar-refractivity contribution >= 4 is 5.91 Å². The van der Waals surface area contributed by atoms with Crippen LogP contribution in [0.2, 0.25) is 0 Å². The van der Waals surface area contributed by atoms with Crippen LogP contribution < -0.4 is 0 Å². The number of carbonyl (C=O) groups excluding carboxylic acids is 1. The fraction of sp³-hybridized carbons (Fsp3) is 0.625. The van der Waals surface area contributed by atoms with E-state index in [0.717, 1.165) is 18.8 Å². The van der Waals surface area contributed by atoms with Crippen LogP contribution in [0.4, 0.5) is 0 Å². The van der Waals surface area contributed by atoms with Gasteiger partial charge in [-0.05, 0) is 32.9 Å². The summed E-state index contributed by atoms with van der Waals surface area (Å²) in [6.45, 7) is 9.17. The summed E-state index contributed by atoms with van der Waals surface area (Å²) in [4.78, 5) is 17.0. The number of aromatic nitrogens is 3. The van der Waals surface area contributed by atoms with Gasteiger partial charge in [0.05, 0.1) is 31.6 Å². The van der Waals surface area contributed by atoms with E-state index in [2.05, 4.69) is 60.4 Å². The minimum atomic E-state index is -0.224. The summed E-state index contributed by atoms with van der Waals surface area (Å²) in [5.74, 6) is 0.147. The number of likely N-dealkylation sites (N-methyl/N-ethyl adjacent to an activating group) is 1. The molecule has 1 N–H and O–H groups in total. The summed E-state index contributed by atoms with van der Waals surface area (Å²) in [5, 5.41) is 18.1. The minimum Gasteiger partial charge on any atom is -0.394 e. The third kappa shape index (κ3) is 6.85. The molecule has 0 unspecified atom stereocenters. The lowest BCUT2D eigenvalue weighted by Gasteiger charge is -2.35. The lowest BCUT2D eigenvalue weighted by molar-refractivity contribution is -0.136. The van der Waals surface area contributed by atoms with Gasteiger partial charge < -0.3 is 14.7 Å². The zero-order valence-corrected chi connectivity index (χ0v) is 19.8. The number of fused-ring (bicyclic) bond motifs is 2. The maximum atomic E-state index is 12.9. The van der Waals surface area contributed by atoms with Crippen molar-refractivity contribution in [3.05, 3.63) is 47.3 Å². The highest BCUT2D eigenvalue weighted by Gasteiger charge is 2.28. The largest absolute Gasteiger partial charge is 0.394 e. The summed E-state index contributed by atoms with van der Waals surface area (Å²) in [7, 11) is 2.09. The normalized spacial score (nSPS) is 21.7. The molecule has 0 fully saturated rings. The van der Waals surface area contributed by atoms with Crippen LogP contribution in [0.3, 0.4) is 0 Å². The molecule has 1 aromatic carbocycles. The molecular weight excluding hydrogens is 406 g/mol. The second-order valence-corrected chi connectivity index (χ2v) is 9.17. The van der Waals surface area contributed by atoms with Crippen LogP contribution >= 0.6 is 0 Å². The third-order valence-corrected chi connectivity index (χ3v) is 6.07. The number of rotatable bonds is 6. The number of aliphatic hydroxyl groups is 1. The number of amides is 1. The summed E-state index contributed by atoms with van der Waals surface area (Å²) in [6, 6.07) is 8.30. The fourth-order valence-corrected chi connectivity index (χ4v) is 4.19. The zero-order chi connectivity index (χ0) is 23.1. The van der Waals surface area contributed by atoms with Gasteiger partial charge in [0.2, 0.25) is 5.91 Å². The Morgan fingerprint density at radius 3 is 2.94 bits per heavy atom. The number of carbonyl (C=O) groups is 1. The average molecular weight is 444 g/mol. The molecule has 2 bridgehead atoms. The molecule has 176 valence electrons. The van der Waals surface area contributed by atoms with Crippen LogP contribution in [-0.4, -0.2) is 74.7 Å². The van der Waals surface area contributed by atoms with Crippen LogP contribution in [0, 0.1) is 12.8 Å². The van der Waals surface area contributed by atoms with Crippen molar-refractivity contribution in [3.63, 3.8) is 0 Å². The Balaban J connectivity index is 1.76. The van der Waals surface area contributed by atoms with Crippen LogP contribution in [0.1, 0.15) is 43.5 Å². The van der Waals surface area contributed by atoms with Crippen molar-refractivity contribution in [2.24, 2.45) is 5.92 Å². The van der Waals surface area contributed by atoms with E-state index in [0.29, 0.717) is 32.5 Å². The molecule has 32 heavy (non-hydrogen) atoms. The molecule has 1 aliphatic heterocycles. The number of ether oxygens (including phenoxy) is 1. The maximum Gasteiger partial charge on any atom is 0.222 e. The molecule has 3 rings (SSSR count). The van der Waals surface area contributed by atoms with E-state index in [1.54, 1.807) is 4.68 Å². The van der Waals surface area contributed by atoms with E-state index in [1.807, 2.05) is 18.0 Å². The van der Waals surface area contributed by atoms with E-state index in [9.17, 15) is 9.90 Å². The topological polar surface area (TPSA) is 83.7 Å². The van der Waals surface area contributed by atoms with Gasteiger partial charge in [-0.15, -0.1) is 5.10 Å². The fourth-order valence-electron chi connectivity index (χ4n) is 4.19. The Labute approximate surface area is 191 Å². The number of aliphatic hydroxyl groups excluding tert-OH is 1. The van der Waals surface area contributed by atoms with Gasteiger partial charge in [0.1, 0.15) is 5.69 Å². The molecule has 2 heterocycles. The smallest absolute Gasteiger partial charge is 0.222 e. The lowest BCUT2D eigenvalue weighted by atomic mass is 10.0. The first-order valence-electron chi connectivity index (χ1n) is 11.5. The number of hydrogen-bond acceptors (Lipinski definition) is 6. The number of nitrogens with zero attached hydrogens (tertiary/aromatic N) is 5. The standard InChI is InChI=1S/C24H37N5O3/c1-18-7-5-8-21(11-18)13-27(4)15-23-19(2)12-29(20(3)16-30)24(31)9-6-10-28-14-22(17-32-23)25-26-28/h5,7-8,11,14,19-20,23,30H,6,9-10,12-13,15-17H2,1-4H3/t19-,20-,23+/m0/s1. The van der Waals surface area contributed by atoms with E-state index in [1.165, 1.54) is 11.1 Å². The van der Waals surface area contributed by atoms with E-state index in [4.69, 9.17) is 4.74 Å². The molecule has 1 aromatic heterocycles. The molecule has 0 saturated heterocycles. The second-order valence-electron chi connectivity index (χ2n) is 9.17. The number of hydrogen-bond donors (Lipinski definition) is 1. The summed E-state index contributed by atoms with van der Waals surface area (Å²) < 4.78 is 8.11. The molecule has 0 radical (unpaired) electrons. The lowest BCUT2D eigenvalue weighted by Crippen LogP contribution is -2.47. The van der Waals surface area contributed by atoms with Crippen molar-refractivity contribution in [2.75, 3.05) is 26.7 Å². The molecule has 0 saturated carbocycles.